The molecule has 1 aromatic heterocycles. The van der Waals surface area contributed by atoms with Crippen molar-refractivity contribution in [1.82, 2.24) is 20.1 Å². The van der Waals surface area contributed by atoms with Gasteiger partial charge in [-0.25, -0.2) is 14.6 Å². The number of hydrogen-bond acceptors (Lipinski definition) is 8. The summed E-state index contributed by atoms with van der Waals surface area (Å²) in [5.74, 6) is -3.54. The normalized spacial score (nSPS) is 14.1. The van der Waals surface area contributed by atoms with Crippen LogP contribution in [-0.2, 0) is 19.1 Å². The average molecular weight is 573 g/mol. The van der Waals surface area contributed by atoms with E-state index in [1.54, 1.807) is 24.3 Å². The number of nitrogens with zero attached hydrogens (tertiary/aromatic N) is 3. The molecule has 1 unspecified atom stereocenters. The van der Waals surface area contributed by atoms with E-state index in [0.717, 1.165) is 35.8 Å². The van der Waals surface area contributed by atoms with Crippen LogP contribution in [-0.4, -0.2) is 93.7 Å². The van der Waals surface area contributed by atoms with Gasteiger partial charge in [0.2, 0.25) is 5.91 Å². The fourth-order valence-electron chi connectivity index (χ4n) is 3.94. The average Bonchev–Trinajstić information content (AvgIpc) is 3.39. The van der Waals surface area contributed by atoms with E-state index in [9.17, 15) is 29.1 Å². The summed E-state index contributed by atoms with van der Waals surface area (Å²) in [7, 11) is 0. The molecule has 2 heterocycles. The molecule has 13 heteroatoms. The van der Waals surface area contributed by atoms with Crippen LogP contribution in [0.4, 0.5) is 4.79 Å². The highest BCUT2D eigenvalue weighted by molar-refractivity contribution is 7.16. The Balaban J connectivity index is 1.75. The number of ether oxygens (including phenoxy) is 1. The van der Waals surface area contributed by atoms with E-state index < -0.39 is 35.9 Å². The number of nitrogens with one attached hydrogen (secondary N) is 1. The van der Waals surface area contributed by atoms with Crippen LogP contribution in [0, 0.1) is 0 Å². The number of unbranched alkanes of at least 4 members (excludes halogenated alkanes) is 1. The van der Waals surface area contributed by atoms with Crippen molar-refractivity contribution >= 4 is 47.3 Å². The van der Waals surface area contributed by atoms with Gasteiger partial charge in [-0.2, -0.15) is 0 Å². The summed E-state index contributed by atoms with van der Waals surface area (Å²) < 4.78 is 5.22. The Morgan fingerprint density at radius 3 is 2.38 bits per heavy atom. The minimum absolute atomic E-state index is 0.0749. The topological polar surface area (TPSA) is 166 Å². The minimum atomic E-state index is -1.20. The van der Waals surface area contributed by atoms with Gasteiger partial charge in [0.1, 0.15) is 16.7 Å². The predicted molar refractivity (Wildman–Crippen MR) is 147 cm³/mol. The highest BCUT2D eigenvalue weighted by Crippen LogP contribution is 2.29. The van der Waals surface area contributed by atoms with Gasteiger partial charge in [0, 0.05) is 44.2 Å². The van der Waals surface area contributed by atoms with Gasteiger partial charge in [0.15, 0.2) is 0 Å². The van der Waals surface area contributed by atoms with Gasteiger partial charge in [-0.3, -0.25) is 14.4 Å². The minimum Gasteiger partial charge on any atom is -0.481 e. The number of carbonyl (C=O) groups is 5. The second-order valence-corrected chi connectivity index (χ2v) is 10.0. The molecule has 1 aliphatic rings. The number of aliphatic carboxylic acids is 2. The second kappa shape index (κ2) is 14.8. The molecule has 3 N–H and O–H groups in total. The fourth-order valence-corrected chi connectivity index (χ4v) is 4.91. The van der Waals surface area contributed by atoms with Crippen LogP contribution in [0.15, 0.2) is 36.4 Å². The van der Waals surface area contributed by atoms with Crippen molar-refractivity contribution in [2.75, 3.05) is 32.8 Å². The lowest BCUT2D eigenvalue weighted by Gasteiger charge is -2.36. The number of aromatic nitrogens is 1. The van der Waals surface area contributed by atoms with Crippen LogP contribution < -0.4 is 5.32 Å². The molecule has 3 amide bonds. The monoisotopic (exact) mass is 572 g/mol. The number of hydrogen-bond donors (Lipinski definition) is 3. The van der Waals surface area contributed by atoms with Gasteiger partial charge in [-0.05, 0) is 18.9 Å². The maximum absolute atomic E-state index is 13.4. The van der Waals surface area contributed by atoms with Crippen molar-refractivity contribution in [1.29, 1.82) is 0 Å². The van der Waals surface area contributed by atoms with Crippen LogP contribution in [0.2, 0.25) is 0 Å². The SMILES string of the molecule is CCCCOC(=O)N1CCN(C(=O)C(CCC(=O)O)NC(=O)c2nc(-c3ccccc3)sc2C=CC(=O)O)CC1. The van der Waals surface area contributed by atoms with Gasteiger partial charge in [0.05, 0.1) is 11.5 Å². The summed E-state index contributed by atoms with van der Waals surface area (Å²) >= 11 is 1.11. The van der Waals surface area contributed by atoms with E-state index in [2.05, 4.69) is 10.3 Å². The molecule has 0 radical (unpaired) electrons. The third-order valence-electron chi connectivity index (χ3n) is 6.09. The molecule has 3 rings (SSSR count). The molecule has 1 aliphatic heterocycles. The Morgan fingerprint density at radius 2 is 1.75 bits per heavy atom. The number of carboxylic acids is 2. The third kappa shape index (κ3) is 8.63. The number of amides is 3. The molecule has 214 valence electrons. The van der Waals surface area contributed by atoms with Gasteiger partial charge in [0.25, 0.3) is 5.91 Å². The Hall–Kier alpha value is -4.26. The third-order valence-corrected chi connectivity index (χ3v) is 7.16. The zero-order valence-corrected chi connectivity index (χ0v) is 22.9. The molecule has 1 fully saturated rings. The van der Waals surface area contributed by atoms with E-state index >= 15 is 0 Å². The van der Waals surface area contributed by atoms with E-state index in [1.165, 1.54) is 15.9 Å². The quantitative estimate of drug-likeness (QED) is 0.256. The van der Waals surface area contributed by atoms with Gasteiger partial charge < -0.3 is 30.1 Å². The largest absolute Gasteiger partial charge is 0.481 e. The molecule has 2 aromatic rings. The first-order chi connectivity index (χ1) is 19.2. The molecule has 0 spiro atoms. The first kappa shape index (κ1) is 30.3. The van der Waals surface area contributed by atoms with Crippen molar-refractivity contribution in [2.45, 2.75) is 38.6 Å². The highest BCUT2D eigenvalue weighted by atomic mass is 32.1. The van der Waals surface area contributed by atoms with Crippen LogP contribution >= 0.6 is 11.3 Å². The Morgan fingerprint density at radius 1 is 1.07 bits per heavy atom. The van der Waals surface area contributed by atoms with Crippen LogP contribution in [0.25, 0.3) is 16.6 Å². The molecule has 0 saturated carbocycles. The lowest BCUT2D eigenvalue weighted by molar-refractivity contribution is -0.138. The number of thiazole rings is 1. The Kier molecular flexibility index (Phi) is 11.2. The molecule has 1 atom stereocenters. The van der Waals surface area contributed by atoms with Crippen molar-refractivity contribution < 1.29 is 38.9 Å². The number of carboxylic acid groups (broad SMARTS) is 2. The maximum atomic E-state index is 13.4. The standard InChI is InChI=1S/C27H32N4O8S/c1-2-3-17-39-27(38)31-15-13-30(14-16-31)26(37)19(9-11-21(32)33)28-24(36)23-20(10-12-22(34)35)40-25(29-23)18-7-5-4-6-8-18/h4-8,10,12,19H,2-3,9,11,13-17H2,1H3,(H,28,36)(H,32,33)(H,34,35). The molecule has 12 nitrogen and oxygen atoms in total. The van der Waals surface area contributed by atoms with E-state index in [0.29, 0.717) is 11.6 Å². The molecule has 0 aliphatic carbocycles. The molecular formula is C27H32N4O8S. The van der Waals surface area contributed by atoms with Gasteiger partial charge in [-0.1, -0.05) is 43.7 Å². The predicted octanol–water partition coefficient (Wildman–Crippen LogP) is 2.95. The Bertz CT molecular complexity index is 1240. The molecule has 0 bridgehead atoms. The zero-order chi connectivity index (χ0) is 29.1. The van der Waals surface area contributed by atoms with Crippen molar-refractivity contribution in [2.24, 2.45) is 0 Å². The number of piperazine rings is 1. The number of benzene rings is 1. The van der Waals surface area contributed by atoms with Crippen LogP contribution in [0.5, 0.6) is 0 Å². The van der Waals surface area contributed by atoms with Crippen molar-refractivity contribution in [3.05, 3.63) is 47.0 Å². The smallest absolute Gasteiger partial charge is 0.409 e. The van der Waals surface area contributed by atoms with Crippen LogP contribution in [0.1, 0.15) is 48.0 Å². The van der Waals surface area contributed by atoms with Crippen LogP contribution in [0.3, 0.4) is 0 Å². The lowest BCUT2D eigenvalue weighted by Crippen LogP contribution is -2.56. The summed E-state index contributed by atoms with van der Waals surface area (Å²) in [6, 6.07) is 7.85. The van der Waals surface area contributed by atoms with Gasteiger partial charge >= 0.3 is 18.0 Å². The lowest BCUT2D eigenvalue weighted by atomic mass is 10.1. The number of carbonyl (C=O) groups excluding carboxylic acids is 3. The molecule has 1 saturated heterocycles. The second-order valence-electron chi connectivity index (χ2n) is 9.01. The summed E-state index contributed by atoms with van der Waals surface area (Å²) in [5.41, 5.74) is 0.648. The first-order valence-electron chi connectivity index (χ1n) is 12.9. The van der Waals surface area contributed by atoms with E-state index in [1.807, 2.05) is 13.0 Å². The van der Waals surface area contributed by atoms with Crippen molar-refractivity contribution in [3.8, 4) is 10.6 Å². The van der Waals surface area contributed by atoms with E-state index in [4.69, 9.17) is 9.84 Å². The van der Waals surface area contributed by atoms with E-state index in [-0.39, 0.29) is 49.6 Å². The molecule has 1 aromatic carbocycles. The van der Waals surface area contributed by atoms with Crippen molar-refractivity contribution in [3.63, 3.8) is 0 Å². The number of rotatable bonds is 12. The zero-order valence-electron chi connectivity index (χ0n) is 22.1. The fraction of sp³-hybridized carbons (Fsp3) is 0.407. The Labute approximate surface area is 235 Å². The summed E-state index contributed by atoms with van der Waals surface area (Å²) in [4.78, 5) is 69.0. The van der Waals surface area contributed by atoms with Gasteiger partial charge in [-0.15, -0.1) is 11.3 Å². The molecule has 40 heavy (non-hydrogen) atoms. The summed E-state index contributed by atoms with van der Waals surface area (Å²) in [5, 5.41) is 21.4. The highest BCUT2D eigenvalue weighted by Gasteiger charge is 2.32. The molecular weight excluding hydrogens is 540 g/mol. The summed E-state index contributed by atoms with van der Waals surface area (Å²) in [6.07, 6.45) is 2.83. The summed E-state index contributed by atoms with van der Waals surface area (Å²) in [6.45, 7) is 3.19. The first-order valence-corrected chi connectivity index (χ1v) is 13.7. The maximum Gasteiger partial charge on any atom is 0.409 e.